The minimum atomic E-state index is -0.383. The lowest BCUT2D eigenvalue weighted by molar-refractivity contribution is 0.0952. The molecule has 0 unspecified atom stereocenters. The molecule has 0 heterocycles. The number of rotatable bonds is 10. The Morgan fingerprint density at radius 3 is 2.58 bits per heavy atom. The Hall–Kier alpha value is -2.49. The van der Waals surface area contributed by atoms with E-state index in [1.807, 2.05) is 0 Å². The third-order valence-corrected chi connectivity index (χ3v) is 5.03. The number of anilines is 1. The van der Waals surface area contributed by atoms with Crippen molar-refractivity contribution < 1.29 is 19.1 Å². The number of thiocarbonyl (C=S) groups is 1. The molecule has 2 aromatic carbocycles. The largest absolute Gasteiger partial charge is 0.490 e. The van der Waals surface area contributed by atoms with E-state index in [0.29, 0.717) is 46.8 Å². The molecule has 0 spiro atoms. The first kappa shape index (κ1) is 24.8. The Labute approximate surface area is 196 Å². The standard InChI is InChI=1S/C22H26BrN3O4S/c1-3-4-11-24-21(28)16-7-5-6-8-18(16)25-22(31)26-20(27)15-9-10-19(17(23)14-15)30-13-12-29-2/h5-10,14H,3-4,11-13H2,1-2H3,(H,24,28)(H2,25,26,27,31). The molecule has 0 saturated carbocycles. The van der Waals surface area contributed by atoms with Crippen LogP contribution in [0.1, 0.15) is 40.5 Å². The summed E-state index contributed by atoms with van der Waals surface area (Å²) in [5.41, 5.74) is 1.38. The van der Waals surface area contributed by atoms with E-state index in [1.54, 1.807) is 49.6 Å². The van der Waals surface area contributed by atoms with Crippen molar-refractivity contribution in [1.29, 1.82) is 0 Å². The van der Waals surface area contributed by atoms with Gasteiger partial charge in [0.2, 0.25) is 0 Å². The fourth-order valence-corrected chi connectivity index (χ4v) is 3.28. The van der Waals surface area contributed by atoms with Gasteiger partial charge in [-0.1, -0.05) is 25.5 Å². The molecular weight excluding hydrogens is 482 g/mol. The molecule has 0 aromatic heterocycles. The fraction of sp³-hybridized carbons (Fsp3) is 0.318. The van der Waals surface area contributed by atoms with Crippen molar-refractivity contribution >= 4 is 50.8 Å². The number of carbonyl (C=O) groups excluding carboxylic acids is 2. The zero-order valence-electron chi connectivity index (χ0n) is 17.5. The number of amides is 2. The van der Waals surface area contributed by atoms with E-state index in [4.69, 9.17) is 21.7 Å². The van der Waals surface area contributed by atoms with Gasteiger partial charge in [-0.05, 0) is 64.9 Å². The fourth-order valence-electron chi connectivity index (χ4n) is 2.59. The first-order valence-corrected chi connectivity index (χ1v) is 11.1. The zero-order valence-corrected chi connectivity index (χ0v) is 19.9. The van der Waals surface area contributed by atoms with Crippen LogP contribution in [-0.4, -0.2) is 43.8 Å². The molecular formula is C22H26BrN3O4S. The molecule has 0 saturated heterocycles. The molecule has 31 heavy (non-hydrogen) atoms. The van der Waals surface area contributed by atoms with Crippen LogP contribution in [0.15, 0.2) is 46.9 Å². The van der Waals surface area contributed by atoms with Crippen LogP contribution < -0.4 is 20.7 Å². The van der Waals surface area contributed by atoms with E-state index in [-0.39, 0.29) is 16.9 Å². The van der Waals surface area contributed by atoms with Gasteiger partial charge in [-0.25, -0.2) is 0 Å². The van der Waals surface area contributed by atoms with Crippen molar-refractivity contribution in [2.24, 2.45) is 0 Å². The monoisotopic (exact) mass is 507 g/mol. The number of carbonyl (C=O) groups is 2. The van der Waals surface area contributed by atoms with Crippen LogP contribution in [0.4, 0.5) is 5.69 Å². The lowest BCUT2D eigenvalue weighted by Gasteiger charge is -2.14. The smallest absolute Gasteiger partial charge is 0.257 e. The lowest BCUT2D eigenvalue weighted by atomic mass is 10.1. The normalized spacial score (nSPS) is 10.3. The number of para-hydroxylation sites is 1. The van der Waals surface area contributed by atoms with Gasteiger partial charge >= 0.3 is 0 Å². The number of halogens is 1. The van der Waals surface area contributed by atoms with Gasteiger partial charge in [0.1, 0.15) is 12.4 Å². The molecule has 9 heteroatoms. The third kappa shape index (κ3) is 7.93. The molecule has 0 radical (unpaired) electrons. The van der Waals surface area contributed by atoms with Crippen LogP contribution in [0.5, 0.6) is 5.75 Å². The van der Waals surface area contributed by atoms with Crippen LogP contribution >= 0.6 is 28.1 Å². The first-order valence-electron chi connectivity index (χ1n) is 9.87. The summed E-state index contributed by atoms with van der Waals surface area (Å²) in [5.74, 6) is 0.0301. The first-order chi connectivity index (χ1) is 15.0. The van der Waals surface area contributed by atoms with Crippen LogP contribution in [0.25, 0.3) is 0 Å². The molecule has 2 aromatic rings. The topological polar surface area (TPSA) is 88.7 Å². The number of hydrogen-bond acceptors (Lipinski definition) is 5. The van der Waals surface area contributed by atoms with Gasteiger partial charge in [-0.3, -0.25) is 14.9 Å². The maximum absolute atomic E-state index is 12.6. The molecule has 7 nitrogen and oxygen atoms in total. The van der Waals surface area contributed by atoms with Crippen LogP contribution in [-0.2, 0) is 4.74 Å². The van der Waals surface area contributed by atoms with Gasteiger partial charge < -0.3 is 20.1 Å². The molecule has 0 atom stereocenters. The van der Waals surface area contributed by atoms with Gasteiger partial charge in [0.05, 0.1) is 22.3 Å². The van der Waals surface area contributed by atoms with Crippen LogP contribution in [0.2, 0.25) is 0 Å². The number of benzene rings is 2. The lowest BCUT2D eigenvalue weighted by Crippen LogP contribution is -2.35. The Morgan fingerprint density at radius 2 is 1.87 bits per heavy atom. The van der Waals surface area contributed by atoms with Crippen molar-refractivity contribution in [2.45, 2.75) is 19.8 Å². The summed E-state index contributed by atoms with van der Waals surface area (Å²) in [6, 6.07) is 12.0. The third-order valence-electron chi connectivity index (χ3n) is 4.20. The molecule has 0 aliphatic heterocycles. The Balaban J connectivity index is 1.99. The van der Waals surface area contributed by atoms with Crippen LogP contribution in [0, 0.1) is 0 Å². The summed E-state index contributed by atoms with van der Waals surface area (Å²) in [5, 5.41) is 8.53. The second-order valence-electron chi connectivity index (χ2n) is 6.55. The van der Waals surface area contributed by atoms with Gasteiger partial charge in [0.25, 0.3) is 11.8 Å². The Morgan fingerprint density at radius 1 is 1.10 bits per heavy atom. The summed E-state index contributed by atoms with van der Waals surface area (Å²) in [4.78, 5) is 25.0. The highest BCUT2D eigenvalue weighted by Crippen LogP contribution is 2.26. The van der Waals surface area contributed by atoms with E-state index in [2.05, 4.69) is 38.8 Å². The highest BCUT2D eigenvalue weighted by atomic mass is 79.9. The average molecular weight is 508 g/mol. The number of methoxy groups -OCH3 is 1. The molecule has 0 fully saturated rings. The van der Waals surface area contributed by atoms with Gasteiger partial charge in [0.15, 0.2) is 5.11 Å². The minimum Gasteiger partial charge on any atom is -0.490 e. The highest BCUT2D eigenvalue weighted by molar-refractivity contribution is 9.10. The summed E-state index contributed by atoms with van der Waals surface area (Å²) in [6.07, 6.45) is 1.90. The maximum Gasteiger partial charge on any atom is 0.257 e. The maximum atomic E-state index is 12.6. The molecule has 2 rings (SSSR count). The van der Waals surface area contributed by atoms with Crippen LogP contribution in [0.3, 0.4) is 0 Å². The number of nitrogens with one attached hydrogen (secondary N) is 3. The van der Waals surface area contributed by atoms with E-state index in [1.165, 1.54) is 0 Å². The van der Waals surface area contributed by atoms with Gasteiger partial charge in [-0.2, -0.15) is 0 Å². The van der Waals surface area contributed by atoms with Crippen molar-refractivity contribution in [2.75, 3.05) is 32.2 Å². The Bertz CT molecular complexity index is 923. The molecule has 2 amide bonds. The predicted molar refractivity (Wildman–Crippen MR) is 129 cm³/mol. The minimum absolute atomic E-state index is 0.0929. The average Bonchev–Trinajstić information content (AvgIpc) is 2.75. The van der Waals surface area contributed by atoms with Crippen molar-refractivity contribution in [3.05, 3.63) is 58.1 Å². The molecule has 3 N–H and O–H groups in total. The second kappa shape index (κ2) is 13.0. The van der Waals surface area contributed by atoms with Crippen molar-refractivity contribution in [3.63, 3.8) is 0 Å². The summed E-state index contributed by atoms with van der Waals surface area (Å²) < 4.78 is 11.2. The van der Waals surface area contributed by atoms with E-state index < -0.39 is 0 Å². The van der Waals surface area contributed by atoms with E-state index in [9.17, 15) is 9.59 Å². The number of hydrogen-bond donors (Lipinski definition) is 3. The van der Waals surface area contributed by atoms with Crippen molar-refractivity contribution in [1.82, 2.24) is 10.6 Å². The Kier molecular flexibility index (Phi) is 10.4. The van der Waals surface area contributed by atoms with E-state index >= 15 is 0 Å². The zero-order chi connectivity index (χ0) is 22.6. The SMILES string of the molecule is CCCCNC(=O)c1ccccc1NC(=S)NC(=O)c1ccc(OCCOC)c(Br)c1. The second-order valence-corrected chi connectivity index (χ2v) is 7.81. The van der Waals surface area contributed by atoms with E-state index in [0.717, 1.165) is 12.8 Å². The van der Waals surface area contributed by atoms with Gasteiger partial charge in [0, 0.05) is 19.2 Å². The molecule has 0 aliphatic rings. The molecule has 166 valence electrons. The van der Waals surface area contributed by atoms with Crippen molar-refractivity contribution in [3.8, 4) is 5.75 Å². The molecule has 0 bridgehead atoms. The molecule has 0 aliphatic carbocycles. The van der Waals surface area contributed by atoms with Gasteiger partial charge in [-0.15, -0.1) is 0 Å². The summed E-state index contributed by atoms with van der Waals surface area (Å²) in [6.45, 7) is 3.53. The predicted octanol–water partition coefficient (Wildman–Crippen LogP) is 4.13. The summed E-state index contributed by atoms with van der Waals surface area (Å²) in [7, 11) is 1.60. The quantitative estimate of drug-likeness (QED) is 0.331. The highest BCUT2D eigenvalue weighted by Gasteiger charge is 2.14. The number of unbranched alkanes of at least 4 members (excludes halogenated alkanes) is 1. The summed E-state index contributed by atoms with van der Waals surface area (Å²) >= 11 is 8.67. The number of ether oxygens (including phenoxy) is 2.